The summed E-state index contributed by atoms with van der Waals surface area (Å²) < 4.78 is 24.4. The molecule has 4 N–H and O–H groups in total. The highest BCUT2D eigenvalue weighted by Gasteiger charge is 2.23. The largest absolute Gasteiger partial charge is 0.395 e. The Kier molecular flexibility index (Phi) is 6.43. The Balaban J connectivity index is 4.15. The first-order valence-electron chi connectivity index (χ1n) is 5.25. The van der Waals surface area contributed by atoms with Gasteiger partial charge >= 0.3 is 0 Å². The number of hydrogen-bond donors (Lipinski definition) is 3. The fraction of sp³-hybridized carbons (Fsp3) is 0.900. The molecule has 96 valence electrons. The first-order valence-corrected chi connectivity index (χ1v) is 5.25. The first-order chi connectivity index (χ1) is 7.29. The van der Waals surface area contributed by atoms with Crippen LogP contribution in [0.25, 0.3) is 0 Å². The Hall–Kier alpha value is -0.750. The van der Waals surface area contributed by atoms with Crippen LogP contribution in [-0.2, 0) is 0 Å². The minimum Gasteiger partial charge on any atom is -0.395 e. The van der Waals surface area contributed by atoms with Crippen LogP contribution in [0.4, 0.5) is 8.78 Å². The third-order valence-corrected chi connectivity index (χ3v) is 2.59. The summed E-state index contributed by atoms with van der Waals surface area (Å²) in [7, 11) is 0. The van der Waals surface area contributed by atoms with E-state index in [1.165, 1.54) is 4.90 Å². The second-order valence-electron chi connectivity index (χ2n) is 4.46. The number of aliphatic hydroxyl groups excluding tert-OH is 1. The van der Waals surface area contributed by atoms with E-state index in [1.807, 2.05) is 0 Å². The molecule has 0 saturated heterocycles. The summed E-state index contributed by atoms with van der Waals surface area (Å²) >= 11 is 0. The van der Waals surface area contributed by atoms with Crippen LogP contribution in [0.3, 0.4) is 0 Å². The van der Waals surface area contributed by atoms with Gasteiger partial charge in [0.1, 0.15) is 0 Å². The summed E-state index contributed by atoms with van der Waals surface area (Å²) in [4.78, 5) is 1.48. The van der Waals surface area contributed by atoms with Crippen molar-refractivity contribution in [1.29, 1.82) is 5.41 Å². The van der Waals surface area contributed by atoms with Crippen LogP contribution < -0.4 is 5.73 Å². The molecule has 0 amide bonds. The molecule has 0 atom stereocenters. The summed E-state index contributed by atoms with van der Waals surface area (Å²) in [5.41, 5.74) is 4.91. The zero-order valence-electron chi connectivity index (χ0n) is 9.84. The van der Waals surface area contributed by atoms with Gasteiger partial charge in [-0.1, -0.05) is 13.8 Å². The number of amidine groups is 1. The number of nitrogens with one attached hydrogen (secondary N) is 1. The van der Waals surface area contributed by atoms with Gasteiger partial charge < -0.3 is 10.8 Å². The molecule has 0 aliphatic heterocycles. The Morgan fingerprint density at radius 2 is 2.00 bits per heavy atom. The van der Waals surface area contributed by atoms with Gasteiger partial charge in [0.05, 0.1) is 19.0 Å². The fourth-order valence-electron chi connectivity index (χ4n) is 1.20. The zero-order valence-corrected chi connectivity index (χ0v) is 9.84. The summed E-state index contributed by atoms with van der Waals surface area (Å²) in [6.45, 7) is 3.72. The second kappa shape index (κ2) is 6.75. The van der Waals surface area contributed by atoms with Crippen LogP contribution in [-0.4, -0.2) is 48.5 Å². The van der Waals surface area contributed by atoms with Gasteiger partial charge in [0.2, 0.25) is 0 Å². The molecular formula is C10H21F2N3O. The Morgan fingerprint density at radius 1 is 1.44 bits per heavy atom. The molecule has 0 rings (SSSR count). The highest BCUT2D eigenvalue weighted by atomic mass is 19.3. The topological polar surface area (TPSA) is 73.3 Å². The quantitative estimate of drug-likeness (QED) is 0.434. The van der Waals surface area contributed by atoms with E-state index in [9.17, 15) is 8.78 Å². The van der Waals surface area contributed by atoms with Gasteiger partial charge in [-0.25, -0.2) is 8.78 Å². The molecule has 0 aromatic carbocycles. The van der Waals surface area contributed by atoms with Gasteiger partial charge in [-0.3, -0.25) is 10.3 Å². The lowest BCUT2D eigenvalue weighted by atomic mass is 9.88. The average molecular weight is 237 g/mol. The fourth-order valence-corrected chi connectivity index (χ4v) is 1.20. The number of nitrogens with zero attached hydrogens (tertiary/aromatic N) is 1. The van der Waals surface area contributed by atoms with Crippen LogP contribution >= 0.6 is 0 Å². The predicted molar refractivity (Wildman–Crippen MR) is 59.8 cm³/mol. The SMILES string of the molecule is CC(C)(CCN(CCO)CC(F)F)C(=N)N. The maximum absolute atomic E-state index is 12.2. The molecule has 4 nitrogen and oxygen atoms in total. The van der Waals surface area contributed by atoms with Crippen LogP contribution in [0.1, 0.15) is 20.3 Å². The number of aliphatic hydroxyl groups is 1. The van der Waals surface area contributed by atoms with Crippen molar-refractivity contribution < 1.29 is 13.9 Å². The van der Waals surface area contributed by atoms with Crippen molar-refractivity contribution >= 4 is 5.84 Å². The second-order valence-corrected chi connectivity index (χ2v) is 4.46. The molecular weight excluding hydrogens is 216 g/mol. The van der Waals surface area contributed by atoms with Gasteiger partial charge in [-0.2, -0.15) is 0 Å². The number of hydrogen-bond acceptors (Lipinski definition) is 3. The van der Waals surface area contributed by atoms with E-state index >= 15 is 0 Å². The Labute approximate surface area is 94.9 Å². The van der Waals surface area contributed by atoms with E-state index in [2.05, 4.69) is 0 Å². The summed E-state index contributed by atoms with van der Waals surface area (Å²) in [5.74, 6) is 0.0495. The van der Waals surface area contributed by atoms with Crippen molar-refractivity contribution in [2.45, 2.75) is 26.7 Å². The molecule has 0 fully saturated rings. The van der Waals surface area contributed by atoms with Gasteiger partial charge in [0.15, 0.2) is 0 Å². The minimum absolute atomic E-state index is 0.0495. The third-order valence-electron chi connectivity index (χ3n) is 2.59. The standard InChI is InChI=1S/C10H21F2N3O/c1-10(2,9(13)14)3-4-15(5-6-16)7-8(11)12/h8,16H,3-7H2,1-2H3,(H3,13,14). The Morgan fingerprint density at radius 3 is 2.38 bits per heavy atom. The predicted octanol–water partition coefficient (Wildman–Crippen LogP) is 0.898. The van der Waals surface area contributed by atoms with E-state index in [0.717, 1.165) is 0 Å². The van der Waals surface area contributed by atoms with Crippen LogP contribution in [0.5, 0.6) is 0 Å². The lowest BCUT2D eigenvalue weighted by Gasteiger charge is -2.27. The average Bonchev–Trinajstić information content (AvgIpc) is 2.13. The number of rotatable bonds is 8. The van der Waals surface area contributed by atoms with E-state index in [-0.39, 0.29) is 25.5 Å². The summed E-state index contributed by atoms with van der Waals surface area (Å²) in [6, 6.07) is 0. The van der Waals surface area contributed by atoms with E-state index in [4.69, 9.17) is 16.2 Å². The van der Waals surface area contributed by atoms with E-state index < -0.39 is 11.8 Å². The molecule has 0 aromatic heterocycles. The van der Waals surface area contributed by atoms with Crippen molar-refractivity contribution in [1.82, 2.24) is 4.90 Å². The minimum atomic E-state index is -2.41. The van der Waals surface area contributed by atoms with Gasteiger partial charge in [-0.15, -0.1) is 0 Å². The van der Waals surface area contributed by atoms with Crippen molar-refractivity contribution in [3.8, 4) is 0 Å². The molecule has 0 radical (unpaired) electrons. The number of halogens is 2. The molecule has 0 aliphatic carbocycles. The highest BCUT2D eigenvalue weighted by molar-refractivity contribution is 5.82. The smallest absolute Gasteiger partial charge is 0.251 e. The van der Waals surface area contributed by atoms with Crippen LogP contribution in [0, 0.1) is 10.8 Å². The van der Waals surface area contributed by atoms with E-state index in [1.54, 1.807) is 13.8 Å². The molecule has 0 unspecified atom stereocenters. The maximum Gasteiger partial charge on any atom is 0.251 e. The summed E-state index contributed by atoms with van der Waals surface area (Å²) in [6.07, 6.45) is -1.89. The van der Waals surface area contributed by atoms with Crippen molar-refractivity contribution in [3.63, 3.8) is 0 Å². The van der Waals surface area contributed by atoms with Gasteiger partial charge in [0.25, 0.3) is 6.43 Å². The highest BCUT2D eigenvalue weighted by Crippen LogP contribution is 2.20. The molecule has 0 aromatic rings. The monoisotopic (exact) mass is 237 g/mol. The molecule has 0 aliphatic rings. The van der Waals surface area contributed by atoms with Crippen molar-refractivity contribution in [3.05, 3.63) is 0 Å². The normalized spacial score (nSPS) is 12.4. The molecule has 0 bridgehead atoms. The summed E-state index contributed by atoms with van der Waals surface area (Å²) in [5, 5.41) is 16.1. The zero-order chi connectivity index (χ0) is 12.8. The molecule has 0 saturated carbocycles. The molecule has 0 heterocycles. The lowest BCUT2D eigenvalue weighted by molar-refractivity contribution is 0.0744. The van der Waals surface area contributed by atoms with Crippen molar-refractivity contribution in [2.24, 2.45) is 11.1 Å². The Bertz CT molecular complexity index is 222. The number of nitrogens with two attached hydrogens (primary N) is 1. The van der Waals surface area contributed by atoms with Gasteiger partial charge in [-0.05, 0) is 13.0 Å². The van der Waals surface area contributed by atoms with Gasteiger partial charge in [0, 0.05) is 12.0 Å². The number of alkyl halides is 2. The first kappa shape index (κ1) is 15.2. The van der Waals surface area contributed by atoms with Crippen LogP contribution in [0.2, 0.25) is 0 Å². The van der Waals surface area contributed by atoms with Crippen LogP contribution in [0.15, 0.2) is 0 Å². The molecule has 16 heavy (non-hydrogen) atoms. The lowest BCUT2D eigenvalue weighted by Crippen LogP contribution is -2.38. The van der Waals surface area contributed by atoms with Crippen molar-refractivity contribution in [2.75, 3.05) is 26.2 Å². The van der Waals surface area contributed by atoms with E-state index in [0.29, 0.717) is 13.0 Å². The third kappa shape index (κ3) is 5.97. The molecule has 0 spiro atoms. The maximum atomic E-state index is 12.2. The molecule has 6 heteroatoms.